The molecule has 0 aliphatic rings. The van der Waals surface area contributed by atoms with Crippen molar-refractivity contribution >= 4 is 46.3 Å². The van der Waals surface area contributed by atoms with E-state index in [0.717, 1.165) is 18.0 Å². The van der Waals surface area contributed by atoms with Crippen LogP contribution in [0.25, 0.3) is 11.0 Å². The molecule has 4 aromatic rings. The van der Waals surface area contributed by atoms with E-state index >= 15 is 0 Å². The van der Waals surface area contributed by atoms with Crippen molar-refractivity contribution < 1.29 is 18.4 Å². The molecule has 25 heavy (non-hydrogen) atoms. The molecule has 10 heteroatoms. The maximum Gasteiger partial charge on any atom is 0.302 e. The van der Waals surface area contributed by atoms with Crippen LogP contribution in [0.4, 0.5) is 11.7 Å². The standard InChI is InChI=1S/C15H9N5O4S/c21-13(16-8-3-1-4-9-12(8)20-25-19-9)10-7-24-15(17-10)18-14(22)11-5-2-6-23-11/h1-7H,(H,16,21)(H,17,18,22). The van der Waals surface area contributed by atoms with Crippen molar-refractivity contribution in [2.24, 2.45) is 0 Å². The monoisotopic (exact) mass is 355 g/mol. The summed E-state index contributed by atoms with van der Waals surface area (Å²) < 4.78 is 18.3. The summed E-state index contributed by atoms with van der Waals surface area (Å²) in [6.45, 7) is 0. The van der Waals surface area contributed by atoms with Gasteiger partial charge in [0, 0.05) is 0 Å². The summed E-state index contributed by atoms with van der Waals surface area (Å²) in [6, 6.07) is 8.23. The summed E-state index contributed by atoms with van der Waals surface area (Å²) in [5, 5.41) is 5.09. The average molecular weight is 355 g/mol. The number of rotatable bonds is 4. The number of hydrogen-bond acceptors (Lipinski definition) is 8. The number of benzene rings is 1. The average Bonchev–Trinajstić information content (AvgIpc) is 3.36. The number of carbonyl (C=O) groups is 2. The molecule has 124 valence electrons. The minimum Gasteiger partial charge on any atom is -0.459 e. The zero-order valence-corrected chi connectivity index (χ0v) is 13.2. The van der Waals surface area contributed by atoms with E-state index in [-0.39, 0.29) is 17.5 Å². The highest BCUT2D eigenvalue weighted by Gasteiger charge is 2.17. The molecule has 9 nitrogen and oxygen atoms in total. The van der Waals surface area contributed by atoms with Gasteiger partial charge in [0.1, 0.15) is 17.3 Å². The summed E-state index contributed by atoms with van der Waals surface area (Å²) in [4.78, 5) is 28.1. The highest BCUT2D eigenvalue weighted by Crippen LogP contribution is 2.22. The summed E-state index contributed by atoms with van der Waals surface area (Å²) in [6.07, 6.45) is 2.52. The molecule has 0 atom stereocenters. The number of nitrogens with zero attached hydrogens (tertiary/aromatic N) is 3. The smallest absolute Gasteiger partial charge is 0.302 e. The predicted octanol–water partition coefficient (Wildman–Crippen LogP) is 2.78. The van der Waals surface area contributed by atoms with Gasteiger partial charge in [0.15, 0.2) is 11.5 Å². The van der Waals surface area contributed by atoms with Crippen molar-refractivity contribution in [3.05, 3.63) is 54.3 Å². The number of hydrogen-bond donors (Lipinski definition) is 2. The normalized spacial score (nSPS) is 10.7. The van der Waals surface area contributed by atoms with E-state index in [1.807, 2.05) is 0 Å². The number of amides is 2. The fourth-order valence-corrected chi connectivity index (χ4v) is 2.64. The van der Waals surface area contributed by atoms with Crippen molar-refractivity contribution in [2.45, 2.75) is 0 Å². The third-order valence-electron chi connectivity index (χ3n) is 3.24. The van der Waals surface area contributed by atoms with Gasteiger partial charge in [0.05, 0.1) is 23.7 Å². The Labute approximate surface area is 144 Å². The number of oxazole rings is 1. The van der Waals surface area contributed by atoms with E-state index in [4.69, 9.17) is 8.83 Å². The first-order valence-corrected chi connectivity index (χ1v) is 7.77. The van der Waals surface area contributed by atoms with Crippen LogP contribution in [0.1, 0.15) is 21.0 Å². The molecule has 2 N–H and O–H groups in total. The van der Waals surface area contributed by atoms with Crippen LogP contribution in [0.15, 0.2) is 51.7 Å². The minimum absolute atomic E-state index is 0.00920. The first-order chi connectivity index (χ1) is 12.2. The Kier molecular flexibility index (Phi) is 3.71. The Hall–Kier alpha value is -3.53. The fraction of sp³-hybridized carbons (Fsp3) is 0. The molecule has 1 aromatic carbocycles. The number of nitrogens with one attached hydrogen (secondary N) is 2. The molecular formula is C15H9N5O4S. The molecular weight excluding hydrogens is 346 g/mol. The third kappa shape index (κ3) is 2.97. The Bertz CT molecular complexity index is 1050. The fourth-order valence-electron chi connectivity index (χ4n) is 2.10. The molecule has 4 rings (SSSR count). The van der Waals surface area contributed by atoms with Gasteiger partial charge >= 0.3 is 6.01 Å². The SMILES string of the molecule is O=C(Nc1cccc2nsnc12)c1coc(NC(=O)c2ccco2)n1. The van der Waals surface area contributed by atoms with Gasteiger partial charge in [-0.25, -0.2) is 0 Å². The van der Waals surface area contributed by atoms with Crippen LogP contribution < -0.4 is 10.6 Å². The van der Waals surface area contributed by atoms with E-state index in [1.54, 1.807) is 24.3 Å². The molecule has 0 aliphatic heterocycles. The van der Waals surface area contributed by atoms with Crippen LogP contribution in [0.5, 0.6) is 0 Å². The van der Waals surface area contributed by atoms with Crippen molar-refractivity contribution in [3.8, 4) is 0 Å². The van der Waals surface area contributed by atoms with Gasteiger partial charge in [-0.2, -0.15) is 13.7 Å². The van der Waals surface area contributed by atoms with Gasteiger partial charge in [0.2, 0.25) is 0 Å². The van der Waals surface area contributed by atoms with Crippen LogP contribution in [0.2, 0.25) is 0 Å². The van der Waals surface area contributed by atoms with Crippen molar-refractivity contribution in [3.63, 3.8) is 0 Å². The second-order valence-corrected chi connectivity index (χ2v) is 5.39. The molecule has 0 aliphatic carbocycles. The summed E-state index contributed by atoms with van der Waals surface area (Å²) in [5.74, 6) is -0.924. The van der Waals surface area contributed by atoms with Crippen LogP contribution in [-0.2, 0) is 0 Å². The molecule has 0 saturated carbocycles. The van der Waals surface area contributed by atoms with Gasteiger partial charge in [-0.3, -0.25) is 14.9 Å². The number of fused-ring (bicyclic) bond motifs is 1. The zero-order valence-electron chi connectivity index (χ0n) is 12.4. The van der Waals surface area contributed by atoms with Crippen molar-refractivity contribution in [2.75, 3.05) is 10.6 Å². The van der Waals surface area contributed by atoms with Crippen LogP contribution in [-0.4, -0.2) is 25.5 Å². The van der Waals surface area contributed by atoms with E-state index in [1.165, 1.54) is 12.3 Å². The Morgan fingerprint density at radius 3 is 2.76 bits per heavy atom. The van der Waals surface area contributed by atoms with Crippen LogP contribution in [0.3, 0.4) is 0 Å². The summed E-state index contributed by atoms with van der Waals surface area (Å²) >= 11 is 1.06. The Morgan fingerprint density at radius 2 is 1.92 bits per heavy atom. The van der Waals surface area contributed by atoms with Gasteiger partial charge in [-0.05, 0) is 24.3 Å². The molecule has 3 heterocycles. The molecule has 0 unspecified atom stereocenters. The predicted molar refractivity (Wildman–Crippen MR) is 88.5 cm³/mol. The van der Waals surface area contributed by atoms with Crippen molar-refractivity contribution in [1.29, 1.82) is 0 Å². The Balaban J connectivity index is 1.49. The molecule has 3 aromatic heterocycles. The number of anilines is 2. The lowest BCUT2D eigenvalue weighted by Crippen LogP contribution is -2.14. The lowest BCUT2D eigenvalue weighted by Gasteiger charge is -2.02. The van der Waals surface area contributed by atoms with Gasteiger partial charge < -0.3 is 14.2 Å². The van der Waals surface area contributed by atoms with Gasteiger partial charge in [-0.1, -0.05) is 6.07 Å². The van der Waals surface area contributed by atoms with Crippen LogP contribution >= 0.6 is 11.7 Å². The molecule has 0 radical (unpaired) electrons. The maximum absolute atomic E-state index is 12.3. The molecule has 0 spiro atoms. The second kappa shape index (κ2) is 6.17. The minimum atomic E-state index is -0.530. The highest BCUT2D eigenvalue weighted by molar-refractivity contribution is 7.00. The van der Waals surface area contributed by atoms with E-state index < -0.39 is 11.8 Å². The molecule has 0 bridgehead atoms. The Morgan fingerprint density at radius 1 is 1.00 bits per heavy atom. The van der Waals surface area contributed by atoms with E-state index in [9.17, 15) is 9.59 Å². The van der Waals surface area contributed by atoms with E-state index in [2.05, 4.69) is 24.4 Å². The van der Waals surface area contributed by atoms with E-state index in [0.29, 0.717) is 16.7 Å². The summed E-state index contributed by atoms with van der Waals surface area (Å²) in [5.41, 5.74) is 1.81. The second-order valence-electron chi connectivity index (χ2n) is 4.86. The molecule has 0 saturated heterocycles. The number of carbonyl (C=O) groups excluding carboxylic acids is 2. The lowest BCUT2D eigenvalue weighted by atomic mass is 10.2. The molecule has 0 fully saturated rings. The first kappa shape index (κ1) is 15.0. The topological polar surface area (TPSA) is 123 Å². The third-order valence-corrected chi connectivity index (χ3v) is 3.78. The lowest BCUT2D eigenvalue weighted by molar-refractivity contribution is 0.0990. The number of aromatic nitrogens is 3. The quantitative estimate of drug-likeness (QED) is 0.577. The van der Waals surface area contributed by atoms with Gasteiger partial charge in [0.25, 0.3) is 11.8 Å². The number of furan rings is 1. The maximum atomic E-state index is 12.3. The van der Waals surface area contributed by atoms with Gasteiger partial charge in [-0.15, -0.1) is 0 Å². The molecule has 2 amide bonds. The zero-order chi connectivity index (χ0) is 17.2. The van der Waals surface area contributed by atoms with Crippen LogP contribution in [0, 0.1) is 0 Å². The van der Waals surface area contributed by atoms with Crippen molar-refractivity contribution in [1.82, 2.24) is 13.7 Å². The summed E-state index contributed by atoms with van der Waals surface area (Å²) in [7, 11) is 0. The first-order valence-electron chi connectivity index (χ1n) is 7.04. The largest absolute Gasteiger partial charge is 0.459 e. The highest BCUT2D eigenvalue weighted by atomic mass is 32.1.